The van der Waals surface area contributed by atoms with Crippen molar-refractivity contribution in [3.8, 4) is 6.01 Å². The summed E-state index contributed by atoms with van der Waals surface area (Å²) >= 11 is 0. The maximum atomic E-state index is 12.2. The topological polar surface area (TPSA) is 93.0 Å². The number of fused-ring (bicyclic) bond motifs is 1. The number of H-pyrrole nitrogens is 1. The predicted molar refractivity (Wildman–Crippen MR) is 71.8 cm³/mol. The molecule has 2 aromatic heterocycles. The summed E-state index contributed by atoms with van der Waals surface area (Å²) in [6, 6.07) is 7.63. The number of para-hydroxylation sites is 1. The van der Waals surface area contributed by atoms with Crippen LogP contribution in [-0.4, -0.2) is 28.2 Å². The van der Waals surface area contributed by atoms with Crippen LogP contribution in [0.25, 0.3) is 11.0 Å². The molecule has 20 heavy (non-hydrogen) atoms. The van der Waals surface area contributed by atoms with Crippen LogP contribution in [-0.2, 0) is 0 Å². The number of nitrogens with one attached hydrogen (secondary N) is 2. The van der Waals surface area contributed by atoms with Crippen molar-refractivity contribution in [2.24, 2.45) is 0 Å². The predicted octanol–water partition coefficient (Wildman–Crippen LogP) is 2.12. The molecule has 2 heterocycles. The van der Waals surface area contributed by atoms with Crippen LogP contribution in [0.5, 0.6) is 6.01 Å². The van der Waals surface area contributed by atoms with Crippen LogP contribution in [0.4, 0.5) is 5.95 Å². The van der Waals surface area contributed by atoms with Gasteiger partial charge >= 0.3 is 6.01 Å². The Morgan fingerprint density at radius 2 is 2.20 bits per heavy atom. The number of aromatic amines is 1. The fourth-order valence-electron chi connectivity index (χ4n) is 1.95. The fourth-order valence-corrected chi connectivity index (χ4v) is 1.95. The molecule has 7 heteroatoms. The molecule has 1 amide bonds. The van der Waals surface area contributed by atoms with Crippen molar-refractivity contribution in [2.75, 3.05) is 12.4 Å². The van der Waals surface area contributed by atoms with Gasteiger partial charge in [0.2, 0.25) is 5.95 Å². The lowest BCUT2D eigenvalue weighted by molar-refractivity contribution is 0.0997. The highest BCUT2D eigenvalue weighted by atomic mass is 16.5. The molecule has 0 aliphatic carbocycles. The van der Waals surface area contributed by atoms with Gasteiger partial charge in [-0.2, -0.15) is 4.98 Å². The average Bonchev–Trinajstić information content (AvgIpc) is 3.04. The van der Waals surface area contributed by atoms with Gasteiger partial charge in [0.25, 0.3) is 5.91 Å². The highest BCUT2D eigenvalue weighted by Gasteiger charge is 2.18. The number of hydrogen-bond acceptors (Lipinski definition) is 5. The highest BCUT2D eigenvalue weighted by molar-refractivity contribution is 6.05. The number of nitrogens with zero attached hydrogens (tertiary/aromatic N) is 2. The Kier molecular flexibility index (Phi) is 2.86. The number of amides is 1. The van der Waals surface area contributed by atoms with Crippen molar-refractivity contribution in [1.29, 1.82) is 0 Å². The third-order valence-electron chi connectivity index (χ3n) is 2.93. The molecule has 0 aliphatic rings. The van der Waals surface area contributed by atoms with Gasteiger partial charge in [-0.1, -0.05) is 18.2 Å². The molecule has 0 radical (unpaired) electrons. The zero-order chi connectivity index (χ0) is 14.1. The number of anilines is 1. The summed E-state index contributed by atoms with van der Waals surface area (Å²) in [6.45, 7) is 1.84. The van der Waals surface area contributed by atoms with Crippen LogP contribution in [0, 0.1) is 6.92 Å². The standard InChI is InChI=1S/C13H12N4O3/c1-7-8-5-3-4-6-9(8)20-10(7)11(18)14-12-15-13(19-2)17-16-12/h3-6H,1-2H3,(H2,14,15,16,17,18). The minimum atomic E-state index is -0.391. The van der Waals surface area contributed by atoms with E-state index in [1.807, 2.05) is 31.2 Å². The van der Waals surface area contributed by atoms with E-state index in [1.165, 1.54) is 7.11 Å². The summed E-state index contributed by atoms with van der Waals surface area (Å²) in [4.78, 5) is 16.1. The quantitative estimate of drug-likeness (QED) is 0.761. The first-order chi connectivity index (χ1) is 9.69. The lowest BCUT2D eigenvalue weighted by Gasteiger charge is -1.98. The van der Waals surface area contributed by atoms with Crippen LogP contribution in [0.2, 0.25) is 0 Å². The Bertz CT molecular complexity index is 775. The first kappa shape index (κ1) is 12.2. The number of aromatic nitrogens is 3. The molecule has 2 N–H and O–H groups in total. The zero-order valence-corrected chi connectivity index (χ0v) is 10.9. The largest absolute Gasteiger partial charge is 0.466 e. The molecular formula is C13H12N4O3. The minimum Gasteiger partial charge on any atom is -0.466 e. The Hall–Kier alpha value is -2.83. The molecule has 0 saturated heterocycles. The van der Waals surface area contributed by atoms with Gasteiger partial charge in [0.05, 0.1) is 7.11 Å². The summed E-state index contributed by atoms with van der Waals surface area (Å²) in [5.74, 6) is 0.0609. The monoisotopic (exact) mass is 272 g/mol. The van der Waals surface area contributed by atoms with E-state index >= 15 is 0 Å². The van der Waals surface area contributed by atoms with E-state index in [0.29, 0.717) is 5.58 Å². The van der Waals surface area contributed by atoms with E-state index in [1.54, 1.807) is 0 Å². The molecule has 0 bridgehead atoms. The maximum Gasteiger partial charge on any atom is 0.336 e. The second-order valence-corrected chi connectivity index (χ2v) is 4.18. The van der Waals surface area contributed by atoms with Crippen LogP contribution >= 0.6 is 0 Å². The molecule has 0 saturated carbocycles. The van der Waals surface area contributed by atoms with Crippen LogP contribution in [0.3, 0.4) is 0 Å². The number of furan rings is 1. The van der Waals surface area contributed by atoms with Crippen molar-refractivity contribution in [3.05, 3.63) is 35.6 Å². The van der Waals surface area contributed by atoms with Gasteiger partial charge in [-0.25, -0.2) is 5.10 Å². The van der Waals surface area contributed by atoms with Crippen LogP contribution in [0.1, 0.15) is 16.1 Å². The fraction of sp³-hybridized carbons (Fsp3) is 0.154. The highest BCUT2D eigenvalue weighted by Crippen LogP contribution is 2.25. The molecule has 0 unspecified atom stereocenters. The Labute approximate surface area is 114 Å². The number of aryl methyl sites for hydroxylation is 1. The molecule has 0 fully saturated rings. The number of ether oxygens (including phenoxy) is 1. The van der Waals surface area contributed by atoms with E-state index in [4.69, 9.17) is 9.15 Å². The van der Waals surface area contributed by atoms with E-state index in [9.17, 15) is 4.79 Å². The van der Waals surface area contributed by atoms with E-state index in [2.05, 4.69) is 20.5 Å². The second-order valence-electron chi connectivity index (χ2n) is 4.18. The van der Waals surface area contributed by atoms with Crippen molar-refractivity contribution < 1.29 is 13.9 Å². The second kappa shape index (κ2) is 4.69. The number of carbonyl (C=O) groups is 1. The third-order valence-corrected chi connectivity index (χ3v) is 2.93. The molecule has 0 atom stereocenters. The summed E-state index contributed by atoms with van der Waals surface area (Å²) in [6.07, 6.45) is 0. The number of rotatable bonds is 3. The van der Waals surface area contributed by atoms with Gasteiger partial charge in [0, 0.05) is 10.9 Å². The molecule has 3 rings (SSSR count). The molecule has 3 aromatic rings. The van der Waals surface area contributed by atoms with Gasteiger partial charge in [-0.3, -0.25) is 10.1 Å². The zero-order valence-electron chi connectivity index (χ0n) is 10.9. The number of hydrogen-bond donors (Lipinski definition) is 2. The Morgan fingerprint density at radius 3 is 2.90 bits per heavy atom. The van der Waals surface area contributed by atoms with Gasteiger partial charge in [0.1, 0.15) is 5.58 Å². The number of benzene rings is 1. The van der Waals surface area contributed by atoms with E-state index in [0.717, 1.165) is 10.9 Å². The van der Waals surface area contributed by atoms with E-state index < -0.39 is 5.91 Å². The van der Waals surface area contributed by atoms with Gasteiger partial charge < -0.3 is 9.15 Å². The first-order valence-electron chi connectivity index (χ1n) is 5.95. The molecule has 0 aliphatic heterocycles. The normalized spacial score (nSPS) is 10.7. The Morgan fingerprint density at radius 1 is 1.40 bits per heavy atom. The third kappa shape index (κ3) is 1.99. The molecule has 7 nitrogen and oxygen atoms in total. The lowest BCUT2D eigenvalue weighted by atomic mass is 10.1. The smallest absolute Gasteiger partial charge is 0.336 e. The average molecular weight is 272 g/mol. The van der Waals surface area contributed by atoms with Gasteiger partial charge in [0.15, 0.2) is 5.76 Å². The summed E-state index contributed by atoms with van der Waals surface area (Å²) in [7, 11) is 1.44. The maximum absolute atomic E-state index is 12.2. The van der Waals surface area contributed by atoms with Crippen molar-refractivity contribution in [2.45, 2.75) is 6.92 Å². The van der Waals surface area contributed by atoms with Crippen LogP contribution < -0.4 is 10.1 Å². The molecule has 0 spiro atoms. The van der Waals surface area contributed by atoms with Gasteiger partial charge in [-0.15, -0.1) is 5.10 Å². The molecule has 102 valence electrons. The lowest BCUT2D eigenvalue weighted by Crippen LogP contribution is -2.13. The minimum absolute atomic E-state index is 0.154. The summed E-state index contributed by atoms with van der Waals surface area (Å²) in [5, 5.41) is 9.78. The van der Waals surface area contributed by atoms with Crippen molar-refractivity contribution >= 4 is 22.8 Å². The van der Waals surface area contributed by atoms with Gasteiger partial charge in [-0.05, 0) is 13.0 Å². The van der Waals surface area contributed by atoms with Crippen molar-refractivity contribution in [1.82, 2.24) is 15.2 Å². The number of methoxy groups -OCH3 is 1. The molecular weight excluding hydrogens is 260 g/mol. The van der Waals surface area contributed by atoms with Crippen molar-refractivity contribution in [3.63, 3.8) is 0 Å². The van der Waals surface area contributed by atoms with E-state index in [-0.39, 0.29) is 17.7 Å². The molecule has 1 aromatic carbocycles. The summed E-state index contributed by atoms with van der Waals surface area (Å²) < 4.78 is 10.4. The summed E-state index contributed by atoms with van der Waals surface area (Å²) in [5.41, 5.74) is 1.45. The Balaban J connectivity index is 1.90. The number of carbonyl (C=O) groups excluding carboxylic acids is 1. The first-order valence-corrected chi connectivity index (χ1v) is 5.95. The van der Waals surface area contributed by atoms with Crippen LogP contribution in [0.15, 0.2) is 28.7 Å². The SMILES string of the molecule is COc1n[nH]c(NC(=O)c2oc3ccccc3c2C)n1.